The van der Waals surface area contributed by atoms with Crippen LogP contribution in [0, 0.1) is 0 Å². The topological polar surface area (TPSA) is 0 Å². The van der Waals surface area contributed by atoms with Gasteiger partial charge in [0, 0.05) is 0 Å². The van der Waals surface area contributed by atoms with Crippen molar-refractivity contribution in [1.29, 1.82) is 0 Å². The van der Waals surface area contributed by atoms with Gasteiger partial charge in [0.25, 0.3) is 0 Å². The second kappa shape index (κ2) is 6.21. The Hall–Kier alpha value is 0.716. The average Bonchev–Trinajstić information content (AvgIpc) is 2.06. The second-order valence-electron chi connectivity index (χ2n) is 3.01. The molecule has 0 aliphatic carbocycles. The van der Waals surface area contributed by atoms with E-state index in [0.29, 0.717) is 0 Å². The van der Waals surface area contributed by atoms with Gasteiger partial charge in [0.15, 0.2) is 0 Å². The highest BCUT2D eigenvalue weighted by molar-refractivity contribution is 14.1. The maximum absolute atomic E-state index is 2.56. The van der Waals surface area contributed by atoms with E-state index in [-0.39, 0.29) is 16.5 Å². The average molecular weight is 284 g/mol. The summed E-state index contributed by atoms with van der Waals surface area (Å²) in [6.45, 7) is 2.24. The minimum absolute atomic E-state index is 0.156. The van der Waals surface area contributed by atoms with Crippen LogP contribution < -0.4 is 0 Å². The van der Waals surface area contributed by atoms with Crippen molar-refractivity contribution in [3.8, 4) is 0 Å². The second-order valence-corrected chi connectivity index (χ2v) is 7.12. The fourth-order valence-corrected chi connectivity index (χ4v) is 3.74. The van der Waals surface area contributed by atoms with Crippen molar-refractivity contribution in [2.45, 2.75) is 24.3 Å². The lowest BCUT2D eigenvalue weighted by Gasteiger charge is -2.01. The summed E-state index contributed by atoms with van der Waals surface area (Å²) in [5, 5.41) is 0. The molecule has 62 valence electrons. The van der Waals surface area contributed by atoms with Gasteiger partial charge < -0.3 is 18.9 Å². The number of halogens is 1. The summed E-state index contributed by atoms with van der Waals surface area (Å²) in [7, 11) is 0. The van der Waals surface area contributed by atoms with Crippen LogP contribution in [0.2, 0.25) is 0 Å². The molecular weight excluding hydrogens is 271 g/mol. The molecule has 0 saturated heterocycles. The first-order valence-electron chi connectivity index (χ1n) is 4.50. The molecule has 0 N–H and O–H groups in total. The molecule has 0 heterocycles. The Morgan fingerprint density at radius 2 is 2.08 bits per heavy atom. The van der Waals surface area contributed by atoms with Gasteiger partial charge in [0.2, 0.25) is 0 Å². The summed E-state index contributed by atoms with van der Waals surface area (Å²) in [4.78, 5) is 0. The highest BCUT2D eigenvalue weighted by atomic mass is 127. The molecule has 0 nitrogen and oxygen atoms in total. The Morgan fingerprint density at radius 3 is 2.75 bits per heavy atom. The van der Waals surface area contributed by atoms with Crippen LogP contribution in [-0.4, -0.2) is 16.5 Å². The smallest absolute Gasteiger partial charge is 0.301 e. The molecule has 2 heteroatoms. The first-order valence-corrected chi connectivity index (χ1v) is 10.6. The highest BCUT2D eigenvalue weighted by Gasteiger charge is 1.96. The Morgan fingerprint density at radius 1 is 1.33 bits per heavy atom. The zero-order valence-corrected chi connectivity index (χ0v) is 11.1. The molecule has 0 aliphatic heterocycles. The van der Waals surface area contributed by atoms with Crippen molar-refractivity contribution in [3.63, 3.8) is 0 Å². The third kappa shape index (κ3) is 3.62. The van der Waals surface area contributed by atoms with E-state index in [0.717, 1.165) is 0 Å². The maximum Gasteiger partial charge on any atom is 0.468 e. The summed E-state index contributed by atoms with van der Waals surface area (Å²) in [5.41, 5.74) is 3.05. The third-order valence-electron chi connectivity index (χ3n) is 1.91. The quantitative estimate of drug-likeness (QED) is 0.588. The normalized spacial score (nSPS) is 9.50. The standard InChI is InChI=1S/C10H13.HI.Mg/c1-3-5-10-7-4-6-9(2)8-10;;/h4,6-8H,2-3,5H2,1H3;1H;/q;;+1/p-1. The van der Waals surface area contributed by atoms with E-state index in [1.807, 2.05) is 0 Å². The number of benzene rings is 1. The van der Waals surface area contributed by atoms with Crippen molar-refractivity contribution in [3.05, 3.63) is 35.4 Å². The van der Waals surface area contributed by atoms with Crippen LogP contribution in [0.4, 0.5) is 0 Å². The molecule has 0 aliphatic rings. The molecule has 0 amide bonds. The van der Waals surface area contributed by atoms with Crippen LogP contribution in [0.1, 0.15) is 24.5 Å². The van der Waals surface area contributed by atoms with E-state index >= 15 is 0 Å². The van der Waals surface area contributed by atoms with Crippen LogP contribution >= 0.6 is 18.9 Å². The van der Waals surface area contributed by atoms with Crippen molar-refractivity contribution >= 4 is 35.3 Å². The molecule has 1 rings (SSSR count). The van der Waals surface area contributed by atoms with E-state index in [4.69, 9.17) is 0 Å². The minimum atomic E-state index is 0.156. The SMILES string of the molecule is CCCc1cccc([CH2][Mg][I])c1. The van der Waals surface area contributed by atoms with Crippen LogP contribution in [0.5, 0.6) is 0 Å². The lowest BCUT2D eigenvalue weighted by molar-refractivity contribution is 0.920. The molecule has 0 atom stereocenters. The van der Waals surface area contributed by atoms with Gasteiger partial charge in [-0.15, -0.1) is 4.55 Å². The monoisotopic (exact) mass is 284 g/mol. The molecule has 1 aromatic carbocycles. The maximum atomic E-state index is 2.56. The largest absolute Gasteiger partial charge is 0.468 e. The number of hydrogen-bond donors (Lipinski definition) is 0. The molecule has 0 bridgehead atoms. The van der Waals surface area contributed by atoms with Gasteiger partial charge in [0.05, 0.1) is 0 Å². The molecule has 12 heavy (non-hydrogen) atoms. The van der Waals surface area contributed by atoms with Gasteiger partial charge in [-0.1, -0.05) is 43.2 Å². The van der Waals surface area contributed by atoms with Gasteiger partial charge in [-0.2, -0.15) is 0 Å². The summed E-state index contributed by atoms with van der Waals surface area (Å²) in [6, 6.07) is 9.06. The molecule has 0 fully saturated rings. The van der Waals surface area contributed by atoms with Crippen molar-refractivity contribution in [2.75, 3.05) is 0 Å². The van der Waals surface area contributed by atoms with Crippen molar-refractivity contribution in [2.24, 2.45) is 0 Å². The van der Waals surface area contributed by atoms with Crippen molar-refractivity contribution < 1.29 is 0 Å². The zero-order valence-electron chi connectivity index (χ0n) is 7.52. The fourth-order valence-electron chi connectivity index (χ4n) is 1.34. The number of aryl methyl sites for hydroxylation is 1. The lowest BCUT2D eigenvalue weighted by Crippen LogP contribution is -1.90. The molecule has 0 unspecified atom stereocenters. The van der Waals surface area contributed by atoms with Gasteiger partial charge in [-0.25, -0.2) is 0 Å². The summed E-state index contributed by atoms with van der Waals surface area (Å²) in [5.74, 6) is 0. The zero-order chi connectivity index (χ0) is 8.81. The molecular formula is C10H13IMg. The first-order chi connectivity index (χ1) is 5.86. The third-order valence-corrected chi connectivity index (χ3v) is 4.30. The van der Waals surface area contributed by atoms with E-state index in [1.165, 1.54) is 23.0 Å². The Balaban J connectivity index is 2.67. The van der Waals surface area contributed by atoms with Gasteiger partial charge in [-0.05, 0) is 12.0 Å². The Labute approximate surface area is 94.2 Å². The number of hydrogen-bond acceptors (Lipinski definition) is 0. The molecule has 1 aromatic rings. The van der Waals surface area contributed by atoms with Crippen LogP contribution in [0.15, 0.2) is 24.3 Å². The van der Waals surface area contributed by atoms with E-state index in [2.05, 4.69) is 50.0 Å². The minimum Gasteiger partial charge on any atom is -0.301 e. The predicted molar refractivity (Wildman–Crippen MR) is 63.9 cm³/mol. The molecule has 0 aromatic heterocycles. The highest BCUT2D eigenvalue weighted by Crippen LogP contribution is 2.08. The molecule has 0 radical (unpaired) electrons. The van der Waals surface area contributed by atoms with Gasteiger partial charge in [0.1, 0.15) is 0 Å². The fraction of sp³-hybridized carbons (Fsp3) is 0.400. The number of rotatable bonds is 4. The van der Waals surface area contributed by atoms with Gasteiger partial charge in [-0.3, -0.25) is 0 Å². The van der Waals surface area contributed by atoms with Gasteiger partial charge >= 0.3 is 16.5 Å². The van der Waals surface area contributed by atoms with Crippen LogP contribution in [0.3, 0.4) is 0 Å². The Kier molecular flexibility index (Phi) is 5.59. The first kappa shape index (κ1) is 10.8. The van der Waals surface area contributed by atoms with Crippen molar-refractivity contribution in [1.82, 2.24) is 0 Å². The van der Waals surface area contributed by atoms with Crippen LogP contribution in [0.25, 0.3) is 0 Å². The molecule has 0 spiro atoms. The molecule has 0 saturated carbocycles. The summed E-state index contributed by atoms with van der Waals surface area (Å²) in [6.07, 6.45) is 2.49. The van der Waals surface area contributed by atoms with Crippen LogP contribution in [-0.2, 0) is 11.0 Å². The lowest BCUT2D eigenvalue weighted by atomic mass is 10.1. The predicted octanol–water partition coefficient (Wildman–Crippen LogP) is 3.19. The van der Waals surface area contributed by atoms with E-state index in [1.54, 1.807) is 5.56 Å². The van der Waals surface area contributed by atoms with E-state index < -0.39 is 0 Å². The van der Waals surface area contributed by atoms with E-state index in [9.17, 15) is 0 Å². The summed E-state index contributed by atoms with van der Waals surface area (Å²) >= 11 is 2.72. The Bertz CT molecular complexity index is 214. The summed E-state index contributed by atoms with van der Waals surface area (Å²) < 4.78 is 1.35.